The van der Waals surface area contributed by atoms with Crippen molar-refractivity contribution in [2.24, 2.45) is 11.3 Å². The molecule has 1 rings (SSSR count). The summed E-state index contributed by atoms with van der Waals surface area (Å²) in [6.45, 7) is 11.1. The number of carbonyl (C=O) groups excluding carboxylic acids is 2. The molecule has 1 aliphatic heterocycles. The minimum absolute atomic E-state index is 0.0461. The van der Waals surface area contributed by atoms with Crippen LogP contribution in [-0.4, -0.2) is 35.8 Å². The molecule has 1 fully saturated rings. The highest BCUT2D eigenvalue weighted by Gasteiger charge is 2.36. The van der Waals surface area contributed by atoms with Crippen LogP contribution >= 0.6 is 0 Å². The Bertz CT molecular complexity index is 311. The van der Waals surface area contributed by atoms with Crippen molar-refractivity contribution in [3.63, 3.8) is 0 Å². The average molecular weight is 240 g/mol. The summed E-state index contributed by atoms with van der Waals surface area (Å²) in [6.07, 6.45) is 0.991. The summed E-state index contributed by atoms with van der Waals surface area (Å²) in [4.78, 5) is 25.5. The van der Waals surface area contributed by atoms with Gasteiger partial charge >= 0.3 is 0 Å². The van der Waals surface area contributed by atoms with Gasteiger partial charge in [-0.15, -0.1) is 0 Å². The third kappa shape index (κ3) is 3.45. The predicted molar refractivity (Wildman–Crippen MR) is 67.4 cm³/mol. The van der Waals surface area contributed by atoms with Crippen molar-refractivity contribution in [1.82, 2.24) is 10.2 Å². The van der Waals surface area contributed by atoms with E-state index in [1.54, 1.807) is 4.90 Å². The molecule has 0 spiro atoms. The summed E-state index contributed by atoms with van der Waals surface area (Å²) >= 11 is 0. The Morgan fingerprint density at radius 3 is 2.47 bits per heavy atom. The first-order valence-corrected chi connectivity index (χ1v) is 6.35. The van der Waals surface area contributed by atoms with E-state index in [0.717, 1.165) is 6.42 Å². The van der Waals surface area contributed by atoms with Gasteiger partial charge in [0.1, 0.15) is 6.04 Å². The lowest BCUT2D eigenvalue weighted by Crippen LogP contribution is -2.61. The number of carbonyl (C=O) groups is 2. The number of nitrogens with zero attached hydrogens (tertiary/aromatic N) is 1. The third-order valence-electron chi connectivity index (χ3n) is 3.47. The van der Waals surface area contributed by atoms with Gasteiger partial charge in [0.05, 0.1) is 6.54 Å². The quantitative estimate of drug-likeness (QED) is 0.807. The van der Waals surface area contributed by atoms with Crippen molar-refractivity contribution in [1.29, 1.82) is 0 Å². The molecule has 0 aliphatic carbocycles. The lowest BCUT2D eigenvalue weighted by Gasteiger charge is -2.38. The molecule has 1 atom stereocenters. The Kier molecular flexibility index (Phi) is 4.17. The maximum atomic E-state index is 12.2. The maximum Gasteiger partial charge on any atom is 0.245 e. The van der Waals surface area contributed by atoms with Crippen molar-refractivity contribution in [3.05, 3.63) is 0 Å². The van der Waals surface area contributed by atoms with Crippen LogP contribution < -0.4 is 5.32 Å². The number of nitrogens with one attached hydrogen (secondary N) is 1. The van der Waals surface area contributed by atoms with Crippen LogP contribution in [0.4, 0.5) is 0 Å². The zero-order chi connectivity index (χ0) is 13.2. The Morgan fingerprint density at radius 1 is 1.41 bits per heavy atom. The summed E-state index contributed by atoms with van der Waals surface area (Å²) in [7, 11) is 0. The molecule has 4 nitrogen and oxygen atoms in total. The zero-order valence-electron chi connectivity index (χ0n) is 11.5. The zero-order valence-corrected chi connectivity index (χ0v) is 11.5. The van der Waals surface area contributed by atoms with E-state index in [2.05, 4.69) is 26.1 Å². The van der Waals surface area contributed by atoms with Crippen LogP contribution in [0, 0.1) is 11.3 Å². The highest BCUT2D eigenvalue weighted by Crippen LogP contribution is 2.23. The van der Waals surface area contributed by atoms with E-state index in [1.807, 2.05) is 13.8 Å². The molecule has 0 radical (unpaired) electrons. The first kappa shape index (κ1) is 14.0. The second-order valence-corrected chi connectivity index (χ2v) is 6.00. The topological polar surface area (TPSA) is 49.4 Å². The van der Waals surface area contributed by atoms with Gasteiger partial charge in [0.15, 0.2) is 0 Å². The van der Waals surface area contributed by atoms with Gasteiger partial charge in [-0.25, -0.2) is 0 Å². The summed E-state index contributed by atoms with van der Waals surface area (Å²) < 4.78 is 0. The fourth-order valence-corrected chi connectivity index (χ4v) is 1.94. The van der Waals surface area contributed by atoms with Crippen molar-refractivity contribution in [3.8, 4) is 0 Å². The number of amides is 2. The number of hydrogen-bond donors (Lipinski definition) is 1. The summed E-state index contributed by atoms with van der Waals surface area (Å²) in [5.41, 5.74) is 0.0643. The molecule has 17 heavy (non-hydrogen) atoms. The van der Waals surface area contributed by atoms with Crippen LogP contribution in [0.15, 0.2) is 0 Å². The SMILES string of the molecule is CCC(C)(C)CN1CC(=O)NC(C(C)C)C1=O. The van der Waals surface area contributed by atoms with Crippen LogP contribution in [0.2, 0.25) is 0 Å². The van der Waals surface area contributed by atoms with Crippen molar-refractivity contribution in [2.45, 2.75) is 47.1 Å². The van der Waals surface area contributed by atoms with Gasteiger partial charge in [-0.05, 0) is 17.8 Å². The summed E-state index contributed by atoms with van der Waals surface area (Å²) in [6, 6.07) is -0.357. The van der Waals surface area contributed by atoms with Crippen LogP contribution in [0.1, 0.15) is 41.0 Å². The summed E-state index contributed by atoms with van der Waals surface area (Å²) in [5, 5.41) is 2.77. The van der Waals surface area contributed by atoms with Crippen molar-refractivity contribution >= 4 is 11.8 Å². The second-order valence-electron chi connectivity index (χ2n) is 6.00. The minimum Gasteiger partial charge on any atom is -0.343 e. The van der Waals surface area contributed by atoms with E-state index in [1.165, 1.54) is 0 Å². The van der Waals surface area contributed by atoms with Gasteiger partial charge in [0.25, 0.3) is 0 Å². The molecule has 2 amide bonds. The van der Waals surface area contributed by atoms with E-state index >= 15 is 0 Å². The smallest absolute Gasteiger partial charge is 0.245 e. The van der Waals surface area contributed by atoms with Crippen molar-refractivity contribution in [2.75, 3.05) is 13.1 Å². The molecule has 0 aromatic carbocycles. The molecule has 98 valence electrons. The molecular formula is C13H24N2O2. The Labute approximate surface area is 104 Å². The van der Waals surface area contributed by atoms with E-state index in [4.69, 9.17) is 0 Å². The number of rotatable bonds is 4. The fraction of sp³-hybridized carbons (Fsp3) is 0.846. The molecular weight excluding hydrogens is 216 g/mol. The van der Waals surface area contributed by atoms with Crippen LogP contribution in [0.3, 0.4) is 0 Å². The average Bonchev–Trinajstić information content (AvgIpc) is 2.22. The Balaban J connectivity index is 2.78. The summed E-state index contributed by atoms with van der Waals surface area (Å²) in [5.74, 6) is 0.148. The third-order valence-corrected chi connectivity index (χ3v) is 3.47. The number of hydrogen-bond acceptors (Lipinski definition) is 2. The van der Waals surface area contributed by atoms with Gasteiger partial charge in [0.2, 0.25) is 11.8 Å². The molecule has 1 unspecified atom stereocenters. The van der Waals surface area contributed by atoms with Gasteiger partial charge in [-0.1, -0.05) is 34.6 Å². The Hall–Kier alpha value is -1.06. The van der Waals surface area contributed by atoms with Gasteiger partial charge in [-0.3, -0.25) is 9.59 Å². The van der Waals surface area contributed by atoms with Crippen molar-refractivity contribution < 1.29 is 9.59 Å². The maximum absolute atomic E-state index is 12.2. The lowest BCUT2D eigenvalue weighted by molar-refractivity contribution is -0.146. The highest BCUT2D eigenvalue weighted by atomic mass is 16.2. The predicted octanol–water partition coefficient (Wildman–Crippen LogP) is 1.41. The van der Waals surface area contributed by atoms with E-state index in [0.29, 0.717) is 6.54 Å². The van der Waals surface area contributed by atoms with E-state index in [9.17, 15) is 9.59 Å². The lowest BCUT2D eigenvalue weighted by atomic mass is 9.88. The highest BCUT2D eigenvalue weighted by molar-refractivity contribution is 5.95. The molecule has 0 bridgehead atoms. The Morgan fingerprint density at radius 2 is 2.00 bits per heavy atom. The molecule has 1 heterocycles. The monoisotopic (exact) mass is 240 g/mol. The normalized spacial score (nSPS) is 22.0. The molecule has 0 aromatic heterocycles. The van der Waals surface area contributed by atoms with E-state index in [-0.39, 0.29) is 35.7 Å². The number of piperazine rings is 1. The fourth-order valence-electron chi connectivity index (χ4n) is 1.94. The van der Waals surface area contributed by atoms with Crippen LogP contribution in [-0.2, 0) is 9.59 Å². The molecule has 4 heteroatoms. The molecule has 0 saturated carbocycles. The van der Waals surface area contributed by atoms with E-state index < -0.39 is 0 Å². The van der Waals surface area contributed by atoms with Gasteiger partial charge < -0.3 is 10.2 Å². The van der Waals surface area contributed by atoms with Gasteiger partial charge in [0, 0.05) is 6.54 Å². The first-order chi connectivity index (χ1) is 7.76. The molecule has 0 aromatic rings. The molecule has 1 aliphatic rings. The first-order valence-electron chi connectivity index (χ1n) is 6.35. The van der Waals surface area contributed by atoms with Crippen LogP contribution in [0.25, 0.3) is 0 Å². The van der Waals surface area contributed by atoms with Crippen LogP contribution in [0.5, 0.6) is 0 Å². The standard InChI is InChI=1S/C13H24N2O2/c1-6-13(4,5)8-15-7-10(16)14-11(9(2)3)12(15)17/h9,11H,6-8H2,1-5H3,(H,14,16). The van der Waals surface area contributed by atoms with Gasteiger partial charge in [-0.2, -0.15) is 0 Å². The molecule has 1 N–H and O–H groups in total. The molecule has 1 saturated heterocycles. The second kappa shape index (κ2) is 5.07. The largest absolute Gasteiger partial charge is 0.343 e. The minimum atomic E-state index is -0.357.